The van der Waals surface area contributed by atoms with Gasteiger partial charge in [-0.1, -0.05) is 0 Å². The Morgan fingerprint density at radius 1 is 1.35 bits per heavy atom. The average molecular weight is 293 g/mol. The van der Waals surface area contributed by atoms with Crippen molar-refractivity contribution >= 4 is 22.4 Å². The summed E-state index contributed by atoms with van der Waals surface area (Å²) in [6.07, 6.45) is 1.59. The first-order chi connectivity index (χ1) is 9.58. The van der Waals surface area contributed by atoms with E-state index in [1.54, 1.807) is 23.7 Å². The van der Waals surface area contributed by atoms with Crippen LogP contribution in [0.3, 0.4) is 0 Å². The molecule has 0 unspecified atom stereocenters. The molecule has 0 radical (unpaired) electrons. The summed E-state index contributed by atoms with van der Waals surface area (Å²) in [6.45, 7) is 3.77. The third-order valence-electron chi connectivity index (χ3n) is 2.26. The van der Waals surface area contributed by atoms with Crippen molar-refractivity contribution < 1.29 is 14.3 Å². The molecule has 2 aromatic heterocycles. The number of nitrogens with zero attached hydrogens (tertiary/aromatic N) is 2. The molecule has 0 aliphatic carbocycles. The van der Waals surface area contributed by atoms with E-state index < -0.39 is 0 Å². The van der Waals surface area contributed by atoms with Crippen LogP contribution in [0.25, 0.3) is 0 Å². The van der Waals surface area contributed by atoms with Gasteiger partial charge in [0.1, 0.15) is 0 Å². The van der Waals surface area contributed by atoms with Crippen LogP contribution in [0.4, 0.5) is 5.13 Å². The van der Waals surface area contributed by atoms with Crippen LogP contribution >= 0.6 is 11.3 Å². The molecule has 7 heteroatoms. The van der Waals surface area contributed by atoms with Gasteiger partial charge in [0.25, 0.3) is 5.91 Å². The number of methoxy groups -OCH3 is 1. The molecule has 0 saturated heterocycles. The minimum absolute atomic E-state index is 0.0375. The Bertz CT molecular complexity index is 585. The van der Waals surface area contributed by atoms with Crippen molar-refractivity contribution in [2.45, 2.75) is 20.0 Å². The molecule has 0 aliphatic heterocycles. The highest BCUT2D eigenvalue weighted by molar-refractivity contribution is 7.13. The van der Waals surface area contributed by atoms with E-state index in [9.17, 15) is 4.79 Å². The second kappa shape index (κ2) is 6.33. The zero-order chi connectivity index (χ0) is 14.5. The number of nitrogens with one attached hydrogen (secondary N) is 1. The molecule has 0 aliphatic rings. The van der Waals surface area contributed by atoms with Crippen molar-refractivity contribution in [3.05, 3.63) is 29.3 Å². The number of pyridine rings is 1. The largest absolute Gasteiger partial charge is 0.481 e. The van der Waals surface area contributed by atoms with Crippen molar-refractivity contribution in [2.75, 3.05) is 12.4 Å². The van der Waals surface area contributed by atoms with Gasteiger partial charge in [-0.15, -0.1) is 11.3 Å². The highest BCUT2D eigenvalue weighted by atomic mass is 32.1. The average Bonchev–Trinajstić information content (AvgIpc) is 2.90. The predicted octanol–water partition coefficient (Wildman–Crippen LogP) is 2.59. The molecule has 0 fully saturated rings. The monoisotopic (exact) mass is 293 g/mol. The lowest BCUT2D eigenvalue weighted by Crippen LogP contribution is -2.14. The predicted molar refractivity (Wildman–Crippen MR) is 76.6 cm³/mol. The molecule has 2 heterocycles. The number of amides is 1. The zero-order valence-electron chi connectivity index (χ0n) is 11.4. The third kappa shape index (κ3) is 3.67. The lowest BCUT2D eigenvalue weighted by molar-refractivity contribution is 0.102. The number of ether oxygens (including phenoxy) is 2. The highest BCUT2D eigenvalue weighted by Gasteiger charge is 2.13. The Kier molecular flexibility index (Phi) is 4.52. The Hall–Kier alpha value is -2.15. The van der Waals surface area contributed by atoms with Crippen molar-refractivity contribution in [2.24, 2.45) is 0 Å². The summed E-state index contributed by atoms with van der Waals surface area (Å²) >= 11 is 1.35. The lowest BCUT2D eigenvalue weighted by Gasteiger charge is -2.11. The van der Waals surface area contributed by atoms with Gasteiger partial charge >= 0.3 is 0 Å². The van der Waals surface area contributed by atoms with Crippen molar-refractivity contribution in [1.82, 2.24) is 9.97 Å². The zero-order valence-corrected chi connectivity index (χ0v) is 12.2. The van der Waals surface area contributed by atoms with E-state index in [1.807, 2.05) is 13.8 Å². The second-order valence-electron chi connectivity index (χ2n) is 4.19. The van der Waals surface area contributed by atoms with Crippen LogP contribution in [0.1, 0.15) is 24.2 Å². The van der Waals surface area contributed by atoms with Crippen molar-refractivity contribution in [3.63, 3.8) is 0 Å². The molecule has 6 nitrogen and oxygen atoms in total. The minimum atomic E-state index is -0.283. The van der Waals surface area contributed by atoms with Gasteiger partial charge in [-0.3, -0.25) is 10.1 Å². The molecule has 20 heavy (non-hydrogen) atoms. The summed E-state index contributed by atoms with van der Waals surface area (Å²) < 4.78 is 10.6. The van der Waals surface area contributed by atoms with Crippen LogP contribution in [0.5, 0.6) is 11.8 Å². The van der Waals surface area contributed by atoms with E-state index in [0.29, 0.717) is 22.5 Å². The fraction of sp³-hybridized carbons (Fsp3) is 0.308. The maximum Gasteiger partial charge on any atom is 0.257 e. The number of hydrogen-bond donors (Lipinski definition) is 1. The fourth-order valence-electron chi connectivity index (χ4n) is 1.47. The van der Waals surface area contributed by atoms with Gasteiger partial charge in [0.15, 0.2) is 5.13 Å². The minimum Gasteiger partial charge on any atom is -0.481 e. The molecule has 106 valence electrons. The number of aromatic nitrogens is 2. The highest BCUT2D eigenvalue weighted by Crippen LogP contribution is 2.20. The SMILES string of the molecule is COc1cc(C(=O)Nc2nccs2)cc(OC(C)C)n1. The van der Waals surface area contributed by atoms with Gasteiger partial charge in [-0.25, -0.2) is 4.98 Å². The fourth-order valence-corrected chi connectivity index (χ4v) is 2.00. The summed E-state index contributed by atoms with van der Waals surface area (Å²) in [5.41, 5.74) is 0.405. The lowest BCUT2D eigenvalue weighted by atomic mass is 10.2. The van der Waals surface area contributed by atoms with Gasteiger partial charge in [0.05, 0.1) is 18.8 Å². The van der Waals surface area contributed by atoms with Gasteiger partial charge in [0.2, 0.25) is 11.8 Å². The van der Waals surface area contributed by atoms with Crippen LogP contribution in [0.2, 0.25) is 0 Å². The number of hydrogen-bond acceptors (Lipinski definition) is 6. The molecule has 1 N–H and O–H groups in total. The molecule has 0 atom stereocenters. The first-order valence-electron chi connectivity index (χ1n) is 6.02. The molecule has 0 saturated carbocycles. The number of carbonyl (C=O) groups excluding carboxylic acids is 1. The maximum atomic E-state index is 12.1. The molecule has 2 aromatic rings. The molecular weight excluding hydrogens is 278 g/mol. The molecule has 0 aromatic carbocycles. The van der Waals surface area contributed by atoms with E-state index in [-0.39, 0.29) is 12.0 Å². The summed E-state index contributed by atoms with van der Waals surface area (Å²) in [5, 5.41) is 5.03. The van der Waals surface area contributed by atoms with Gasteiger partial charge in [0, 0.05) is 23.7 Å². The summed E-state index contributed by atoms with van der Waals surface area (Å²) in [4.78, 5) is 20.3. The van der Waals surface area contributed by atoms with Gasteiger partial charge < -0.3 is 9.47 Å². The molecular formula is C13H15N3O3S. The van der Waals surface area contributed by atoms with Crippen LogP contribution in [0, 0.1) is 0 Å². The Labute approximate surface area is 120 Å². The Balaban J connectivity index is 2.23. The van der Waals surface area contributed by atoms with Crippen LogP contribution < -0.4 is 14.8 Å². The molecule has 2 rings (SSSR count). The second-order valence-corrected chi connectivity index (χ2v) is 5.09. The Morgan fingerprint density at radius 2 is 2.10 bits per heavy atom. The number of anilines is 1. The normalized spacial score (nSPS) is 10.4. The molecule has 1 amide bonds. The Morgan fingerprint density at radius 3 is 2.70 bits per heavy atom. The number of thiazole rings is 1. The van der Waals surface area contributed by atoms with E-state index in [0.717, 1.165) is 0 Å². The molecule has 0 spiro atoms. The smallest absolute Gasteiger partial charge is 0.257 e. The van der Waals surface area contributed by atoms with Crippen molar-refractivity contribution in [3.8, 4) is 11.8 Å². The van der Waals surface area contributed by atoms with E-state index >= 15 is 0 Å². The van der Waals surface area contributed by atoms with E-state index in [2.05, 4.69) is 15.3 Å². The summed E-state index contributed by atoms with van der Waals surface area (Å²) in [5.74, 6) is 0.394. The third-order valence-corrected chi connectivity index (χ3v) is 2.95. The van der Waals surface area contributed by atoms with E-state index in [4.69, 9.17) is 9.47 Å². The quantitative estimate of drug-likeness (QED) is 0.917. The van der Waals surface area contributed by atoms with Crippen LogP contribution in [-0.4, -0.2) is 29.1 Å². The first-order valence-corrected chi connectivity index (χ1v) is 6.90. The maximum absolute atomic E-state index is 12.1. The number of rotatable bonds is 5. The van der Waals surface area contributed by atoms with Crippen LogP contribution in [0.15, 0.2) is 23.7 Å². The van der Waals surface area contributed by atoms with Gasteiger partial charge in [-0.2, -0.15) is 4.98 Å². The van der Waals surface area contributed by atoms with E-state index in [1.165, 1.54) is 18.4 Å². The topological polar surface area (TPSA) is 73.3 Å². The molecule has 0 bridgehead atoms. The van der Waals surface area contributed by atoms with Crippen molar-refractivity contribution in [1.29, 1.82) is 0 Å². The number of carbonyl (C=O) groups is 1. The van der Waals surface area contributed by atoms with Gasteiger partial charge in [-0.05, 0) is 13.8 Å². The summed E-state index contributed by atoms with van der Waals surface area (Å²) in [6, 6.07) is 3.13. The standard InChI is InChI=1S/C13H15N3O3S/c1-8(2)19-11-7-9(6-10(15-11)18-3)12(17)16-13-14-4-5-20-13/h4-8H,1-3H3,(H,14,16,17). The van der Waals surface area contributed by atoms with Crippen LogP contribution in [-0.2, 0) is 0 Å². The summed E-state index contributed by atoms with van der Waals surface area (Å²) in [7, 11) is 1.49. The first kappa shape index (κ1) is 14.3.